The maximum absolute atomic E-state index is 5.86. The van der Waals surface area contributed by atoms with Crippen molar-refractivity contribution in [2.75, 3.05) is 13.2 Å². The minimum Gasteiger partial charge on any atom is -0.377 e. The third kappa shape index (κ3) is 4.55. The predicted molar refractivity (Wildman–Crippen MR) is 113 cm³/mol. The molecule has 0 bridgehead atoms. The Kier molecular flexibility index (Phi) is 6.03. The minimum atomic E-state index is -0.220. The Morgan fingerprint density at radius 3 is 2.86 bits per heavy atom. The average molecular weight is 413 g/mol. The number of hydrogen-bond donors (Lipinski definition) is 1. The van der Waals surface area contributed by atoms with Crippen LogP contribution in [0.25, 0.3) is 0 Å². The van der Waals surface area contributed by atoms with Crippen molar-refractivity contribution in [1.29, 1.82) is 0 Å². The van der Waals surface area contributed by atoms with Gasteiger partial charge in [0, 0.05) is 36.5 Å². The van der Waals surface area contributed by atoms with E-state index in [1.54, 1.807) is 17.5 Å². The van der Waals surface area contributed by atoms with Crippen molar-refractivity contribution in [3.05, 3.63) is 58.3 Å². The molecule has 7 nitrogen and oxygen atoms in total. The number of nitrogens with zero attached hydrogens (tertiary/aromatic N) is 5. The Labute approximate surface area is 175 Å². The highest BCUT2D eigenvalue weighted by Gasteiger charge is 2.35. The summed E-state index contributed by atoms with van der Waals surface area (Å²) in [7, 11) is 0. The Hall–Kier alpha value is -2.16. The fourth-order valence-electron chi connectivity index (χ4n) is 3.83. The van der Waals surface area contributed by atoms with Gasteiger partial charge in [-0.05, 0) is 67.1 Å². The Bertz CT molecular complexity index is 884. The zero-order valence-corrected chi connectivity index (χ0v) is 18.0. The smallest absolute Gasteiger partial charge is 0.162 e. The van der Waals surface area contributed by atoms with E-state index in [0.29, 0.717) is 0 Å². The summed E-state index contributed by atoms with van der Waals surface area (Å²) in [6, 6.07) is 8.33. The number of pyridine rings is 1. The second-order valence-corrected chi connectivity index (χ2v) is 9.40. The zero-order chi connectivity index (χ0) is 20.3. The minimum absolute atomic E-state index is 0.0151. The average Bonchev–Trinajstić information content (AvgIpc) is 3.48. The highest BCUT2D eigenvalue weighted by Crippen LogP contribution is 2.39. The van der Waals surface area contributed by atoms with Crippen LogP contribution in [-0.2, 0) is 10.3 Å². The molecular weight excluding hydrogens is 384 g/mol. The summed E-state index contributed by atoms with van der Waals surface area (Å²) in [5, 5.41) is 18.7. The molecule has 3 unspecified atom stereocenters. The molecule has 0 spiro atoms. The van der Waals surface area contributed by atoms with Crippen LogP contribution in [0.5, 0.6) is 0 Å². The van der Waals surface area contributed by atoms with Crippen molar-refractivity contribution in [1.82, 2.24) is 30.5 Å². The molecule has 1 aliphatic rings. The first kappa shape index (κ1) is 20.1. The van der Waals surface area contributed by atoms with Crippen molar-refractivity contribution in [3.8, 4) is 0 Å². The van der Waals surface area contributed by atoms with Crippen molar-refractivity contribution in [2.24, 2.45) is 0 Å². The molecule has 0 saturated carbocycles. The van der Waals surface area contributed by atoms with Crippen LogP contribution in [0.1, 0.15) is 61.8 Å². The lowest BCUT2D eigenvalue weighted by atomic mass is 9.90. The van der Waals surface area contributed by atoms with Crippen LogP contribution >= 0.6 is 11.3 Å². The fraction of sp³-hybridized carbons (Fsp3) is 0.524. The number of ether oxygens (including phenoxy) is 1. The van der Waals surface area contributed by atoms with Crippen molar-refractivity contribution in [3.63, 3.8) is 0 Å². The molecule has 1 fully saturated rings. The topological polar surface area (TPSA) is 77.8 Å². The van der Waals surface area contributed by atoms with Gasteiger partial charge in [-0.25, -0.2) is 4.68 Å². The molecule has 29 heavy (non-hydrogen) atoms. The van der Waals surface area contributed by atoms with Gasteiger partial charge in [0.05, 0.1) is 17.6 Å². The van der Waals surface area contributed by atoms with Crippen LogP contribution in [0.2, 0.25) is 0 Å². The van der Waals surface area contributed by atoms with Gasteiger partial charge < -0.3 is 10.1 Å². The maximum atomic E-state index is 5.86. The molecule has 0 aromatic carbocycles. The van der Waals surface area contributed by atoms with Crippen molar-refractivity contribution >= 4 is 11.3 Å². The lowest BCUT2D eigenvalue weighted by molar-refractivity contribution is 0.106. The first-order valence-corrected chi connectivity index (χ1v) is 11.0. The molecule has 4 rings (SSSR count). The standard InChI is InChI=1S/C21H28N6OS/c1-21(2,3)27-20(24-25-26-27)18(17-9-6-12-29-17)19(15-7-4-10-22-13-15)23-14-16-8-5-11-28-16/h4,6-7,9-10,12-13,16,18-19,23H,5,8,11,14H2,1-3H3. The summed E-state index contributed by atoms with van der Waals surface area (Å²) in [6.45, 7) is 8.00. The number of thiophene rings is 1. The Balaban J connectivity index is 1.75. The summed E-state index contributed by atoms with van der Waals surface area (Å²) < 4.78 is 7.80. The van der Waals surface area contributed by atoms with Gasteiger partial charge >= 0.3 is 0 Å². The van der Waals surface area contributed by atoms with Crippen LogP contribution in [-0.4, -0.2) is 44.4 Å². The van der Waals surface area contributed by atoms with E-state index in [0.717, 1.165) is 37.4 Å². The second-order valence-electron chi connectivity index (χ2n) is 8.42. The van der Waals surface area contributed by atoms with Crippen LogP contribution < -0.4 is 5.32 Å². The summed E-state index contributed by atoms with van der Waals surface area (Å²) in [5.74, 6) is 0.823. The molecular formula is C21H28N6OS. The van der Waals surface area contributed by atoms with E-state index >= 15 is 0 Å². The fourth-order valence-corrected chi connectivity index (χ4v) is 4.69. The molecule has 3 aromatic heterocycles. The quantitative estimate of drug-likeness (QED) is 0.640. The summed E-state index contributed by atoms with van der Waals surface area (Å²) in [6.07, 6.45) is 6.20. The second kappa shape index (κ2) is 8.69. The molecule has 0 radical (unpaired) electrons. The SMILES string of the molecule is CC(C)(C)n1nnnc1C(c1cccs1)C(NCC1CCCO1)c1cccnc1. The molecule has 0 aliphatic carbocycles. The first-order valence-electron chi connectivity index (χ1n) is 10.1. The first-order chi connectivity index (χ1) is 14.0. The molecule has 154 valence electrons. The third-order valence-corrected chi connectivity index (χ3v) is 6.18. The highest BCUT2D eigenvalue weighted by molar-refractivity contribution is 7.10. The van der Waals surface area contributed by atoms with Gasteiger partial charge in [0.25, 0.3) is 0 Å². The predicted octanol–water partition coefficient (Wildman–Crippen LogP) is 3.53. The molecule has 1 aliphatic heterocycles. The number of rotatable bonds is 7. The summed E-state index contributed by atoms with van der Waals surface area (Å²) >= 11 is 1.73. The maximum Gasteiger partial charge on any atom is 0.162 e. The molecule has 4 heterocycles. The molecule has 1 saturated heterocycles. The van der Waals surface area contributed by atoms with Crippen LogP contribution in [0.3, 0.4) is 0 Å². The van der Waals surface area contributed by atoms with E-state index in [9.17, 15) is 0 Å². The van der Waals surface area contributed by atoms with E-state index in [4.69, 9.17) is 4.74 Å². The normalized spacial score (nSPS) is 19.3. The van der Waals surface area contributed by atoms with E-state index in [2.05, 4.69) is 70.2 Å². The van der Waals surface area contributed by atoms with Gasteiger partial charge in [-0.3, -0.25) is 4.98 Å². The third-order valence-electron chi connectivity index (χ3n) is 5.22. The van der Waals surface area contributed by atoms with E-state index in [1.165, 1.54) is 4.88 Å². The van der Waals surface area contributed by atoms with Crippen molar-refractivity contribution < 1.29 is 4.74 Å². The van der Waals surface area contributed by atoms with Crippen LogP contribution in [0.15, 0.2) is 42.0 Å². The van der Waals surface area contributed by atoms with Gasteiger partial charge in [-0.2, -0.15) is 0 Å². The Morgan fingerprint density at radius 2 is 2.21 bits per heavy atom. The van der Waals surface area contributed by atoms with Crippen LogP contribution in [0.4, 0.5) is 0 Å². The Morgan fingerprint density at radius 1 is 1.31 bits per heavy atom. The highest BCUT2D eigenvalue weighted by atomic mass is 32.1. The van der Waals surface area contributed by atoms with Gasteiger partial charge in [-0.15, -0.1) is 16.4 Å². The molecule has 3 aromatic rings. The summed E-state index contributed by atoms with van der Waals surface area (Å²) in [5.41, 5.74) is 0.898. The molecule has 1 N–H and O–H groups in total. The summed E-state index contributed by atoms with van der Waals surface area (Å²) in [4.78, 5) is 5.60. The zero-order valence-electron chi connectivity index (χ0n) is 17.2. The number of tetrazole rings is 1. The van der Waals surface area contributed by atoms with E-state index < -0.39 is 0 Å². The largest absolute Gasteiger partial charge is 0.377 e. The molecule has 3 atom stereocenters. The van der Waals surface area contributed by atoms with Crippen molar-refractivity contribution in [2.45, 2.75) is 57.2 Å². The monoisotopic (exact) mass is 412 g/mol. The lowest BCUT2D eigenvalue weighted by Crippen LogP contribution is -2.36. The number of hydrogen-bond acceptors (Lipinski definition) is 7. The van der Waals surface area contributed by atoms with Gasteiger partial charge in [-0.1, -0.05) is 12.1 Å². The van der Waals surface area contributed by atoms with Crippen LogP contribution in [0, 0.1) is 0 Å². The number of nitrogens with one attached hydrogen (secondary N) is 1. The molecule has 8 heteroatoms. The van der Waals surface area contributed by atoms with Gasteiger partial charge in [0.1, 0.15) is 0 Å². The number of aromatic nitrogens is 5. The lowest BCUT2D eigenvalue weighted by Gasteiger charge is -2.30. The molecule has 0 amide bonds. The van der Waals surface area contributed by atoms with Gasteiger partial charge in [0.15, 0.2) is 5.82 Å². The van der Waals surface area contributed by atoms with E-state index in [1.807, 2.05) is 16.9 Å². The van der Waals surface area contributed by atoms with E-state index in [-0.39, 0.29) is 23.6 Å². The van der Waals surface area contributed by atoms with Gasteiger partial charge in [0.2, 0.25) is 0 Å².